The summed E-state index contributed by atoms with van der Waals surface area (Å²) in [6, 6.07) is 14.3. The minimum Gasteiger partial charge on any atom is -0.492 e. The Morgan fingerprint density at radius 3 is 2.43 bits per heavy atom. The lowest BCUT2D eigenvalue weighted by molar-refractivity contribution is -0.128. The molecular formula is C24H31NO3. The molecule has 0 saturated carbocycles. The van der Waals surface area contributed by atoms with Gasteiger partial charge in [0.05, 0.1) is 6.54 Å². The number of rotatable bonds is 9. The van der Waals surface area contributed by atoms with E-state index in [1.165, 1.54) is 29.5 Å². The molecule has 1 aliphatic rings. The molecule has 0 saturated heterocycles. The summed E-state index contributed by atoms with van der Waals surface area (Å²) in [5.41, 5.74) is 4.06. The first-order valence-electron chi connectivity index (χ1n) is 10.5. The highest BCUT2D eigenvalue weighted by atomic mass is 16.5. The second kappa shape index (κ2) is 10.2. The molecule has 28 heavy (non-hydrogen) atoms. The van der Waals surface area contributed by atoms with Crippen LogP contribution in [0.4, 0.5) is 0 Å². The monoisotopic (exact) mass is 381 g/mol. The van der Waals surface area contributed by atoms with Crippen molar-refractivity contribution in [1.82, 2.24) is 5.32 Å². The van der Waals surface area contributed by atoms with Crippen molar-refractivity contribution >= 4 is 5.91 Å². The van der Waals surface area contributed by atoms with E-state index in [4.69, 9.17) is 9.47 Å². The van der Waals surface area contributed by atoms with Crippen LogP contribution in [0.2, 0.25) is 0 Å². The fraction of sp³-hybridized carbons (Fsp3) is 0.458. The lowest BCUT2D eigenvalue weighted by Gasteiger charge is -2.20. The SMILES string of the molecule is CCc1ccc(OCCNC(=O)C(CC)Oc2ccc3c(c2)CCCC3)cc1. The second-order valence-electron chi connectivity index (χ2n) is 7.29. The minimum absolute atomic E-state index is 0.0925. The van der Waals surface area contributed by atoms with Crippen LogP contribution in [0.3, 0.4) is 0 Å². The number of benzene rings is 2. The maximum Gasteiger partial charge on any atom is 0.261 e. The van der Waals surface area contributed by atoms with Crippen LogP contribution in [-0.4, -0.2) is 25.2 Å². The van der Waals surface area contributed by atoms with Gasteiger partial charge < -0.3 is 14.8 Å². The maximum atomic E-state index is 12.5. The Balaban J connectivity index is 1.45. The molecule has 0 heterocycles. The molecule has 150 valence electrons. The molecule has 2 aromatic carbocycles. The van der Waals surface area contributed by atoms with Gasteiger partial charge in [0.1, 0.15) is 18.1 Å². The number of hydrogen-bond acceptors (Lipinski definition) is 3. The van der Waals surface area contributed by atoms with E-state index in [0.717, 1.165) is 30.8 Å². The number of fused-ring (bicyclic) bond motifs is 1. The first kappa shape index (κ1) is 20.2. The van der Waals surface area contributed by atoms with Gasteiger partial charge in [-0.05, 0) is 79.5 Å². The van der Waals surface area contributed by atoms with Crippen LogP contribution in [0.25, 0.3) is 0 Å². The van der Waals surface area contributed by atoms with Crippen molar-refractivity contribution in [2.45, 2.75) is 58.5 Å². The zero-order chi connectivity index (χ0) is 19.8. The van der Waals surface area contributed by atoms with Crippen molar-refractivity contribution in [2.75, 3.05) is 13.2 Å². The summed E-state index contributed by atoms with van der Waals surface area (Å²) in [6.07, 6.45) is 5.90. The van der Waals surface area contributed by atoms with Crippen molar-refractivity contribution < 1.29 is 14.3 Å². The van der Waals surface area contributed by atoms with Crippen LogP contribution in [0.15, 0.2) is 42.5 Å². The summed E-state index contributed by atoms with van der Waals surface area (Å²) < 4.78 is 11.7. The van der Waals surface area contributed by atoms with E-state index in [1.807, 2.05) is 25.1 Å². The molecule has 1 amide bonds. The highest BCUT2D eigenvalue weighted by Gasteiger charge is 2.19. The predicted octanol–water partition coefficient (Wildman–Crippen LogP) is 4.48. The average Bonchev–Trinajstić information content (AvgIpc) is 2.75. The molecular weight excluding hydrogens is 350 g/mol. The van der Waals surface area contributed by atoms with Crippen LogP contribution in [0.1, 0.15) is 49.8 Å². The third-order valence-electron chi connectivity index (χ3n) is 5.26. The summed E-state index contributed by atoms with van der Waals surface area (Å²) in [6.45, 7) is 4.99. The minimum atomic E-state index is -0.481. The van der Waals surface area contributed by atoms with Gasteiger partial charge in [0.25, 0.3) is 5.91 Å². The standard InChI is InChI=1S/C24H31NO3/c1-3-18-9-12-21(13-10-18)27-16-15-25-24(26)23(4-2)28-22-14-11-19-7-5-6-8-20(19)17-22/h9-14,17,23H,3-8,15-16H2,1-2H3,(H,25,26). The van der Waals surface area contributed by atoms with E-state index in [9.17, 15) is 4.79 Å². The number of carbonyl (C=O) groups excluding carboxylic acids is 1. The van der Waals surface area contributed by atoms with Gasteiger partial charge in [0.2, 0.25) is 0 Å². The zero-order valence-corrected chi connectivity index (χ0v) is 17.0. The molecule has 0 fully saturated rings. The fourth-order valence-corrected chi connectivity index (χ4v) is 3.55. The van der Waals surface area contributed by atoms with Gasteiger partial charge in [-0.3, -0.25) is 4.79 Å². The van der Waals surface area contributed by atoms with Gasteiger partial charge in [0.15, 0.2) is 6.10 Å². The van der Waals surface area contributed by atoms with E-state index >= 15 is 0 Å². The Bertz CT molecular complexity index is 770. The molecule has 1 unspecified atom stereocenters. The van der Waals surface area contributed by atoms with Gasteiger partial charge in [-0.2, -0.15) is 0 Å². The highest BCUT2D eigenvalue weighted by molar-refractivity contribution is 5.81. The zero-order valence-electron chi connectivity index (χ0n) is 17.0. The number of aryl methyl sites for hydroxylation is 3. The van der Waals surface area contributed by atoms with Crippen molar-refractivity contribution in [1.29, 1.82) is 0 Å². The molecule has 4 heteroatoms. The molecule has 0 spiro atoms. The molecule has 1 N–H and O–H groups in total. The lowest BCUT2D eigenvalue weighted by atomic mass is 9.92. The van der Waals surface area contributed by atoms with Crippen LogP contribution >= 0.6 is 0 Å². The van der Waals surface area contributed by atoms with Crippen LogP contribution in [-0.2, 0) is 24.1 Å². The Hall–Kier alpha value is -2.49. The molecule has 0 bridgehead atoms. The molecule has 3 rings (SSSR count). The molecule has 0 aromatic heterocycles. The highest BCUT2D eigenvalue weighted by Crippen LogP contribution is 2.26. The van der Waals surface area contributed by atoms with Crippen molar-refractivity contribution in [3.05, 3.63) is 59.2 Å². The number of hydrogen-bond donors (Lipinski definition) is 1. The van der Waals surface area contributed by atoms with Gasteiger partial charge in [-0.1, -0.05) is 32.0 Å². The third-order valence-corrected chi connectivity index (χ3v) is 5.26. The van der Waals surface area contributed by atoms with Crippen molar-refractivity contribution in [3.8, 4) is 11.5 Å². The quantitative estimate of drug-likeness (QED) is 0.652. The predicted molar refractivity (Wildman–Crippen MR) is 112 cm³/mol. The second-order valence-corrected chi connectivity index (χ2v) is 7.29. The summed E-state index contributed by atoms with van der Waals surface area (Å²) in [5.74, 6) is 1.52. The summed E-state index contributed by atoms with van der Waals surface area (Å²) >= 11 is 0. The topological polar surface area (TPSA) is 47.6 Å². The van der Waals surface area contributed by atoms with Crippen molar-refractivity contribution in [3.63, 3.8) is 0 Å². The normalized spacial score (nSPS) is 14.1. The summed E-state index contributed by atoms with van der Waals surface area (Å²) in [7, 11) is 0. The Labute approximate surface area is 168 Å². The van der Waals surface area contributed by atoms with E-state index < -0.39 is 6.10 Å². The number of nitrogens with one attached hydrogen (secondary N) is 1. The number of amides is 1. The van der Waals surface area contributed by atoms with Gasteiger partial charge in [0, 0.05) is 0 Å². The van der Waals surface area contributed by atoms with E-state index in [-0.39, 0.29) is 5.91 Å². The molecule has 1 atom stereocenters. The van der Waals surface area contributed by atoms with Gasteiger partial charge in [-0.25, -0.2) is 0 Å². The van der Waals surface area contributed by atoms with Gasteiger partial charge in [-0.15, -0.1) is 0 Å². The molecule has 1 aliphatic carbocycles. The van der Waals surface area contributed by atoms with Crippen molar-refractivity contribution in [2.24, 2.45) is 0 Å². The summed E-state index contributed by atoms with van der Waals surface area (Å²) in [4.78, 5) is 12.5. The first-order chi connectivity index (χ1) is 13.7. The molecule has 4 nitrogen and oxygen atoms in total. The molecule has 0 aliphatic heterocycles. The Kier molecular flexibility index (Phi) is 7.35. The smallest absolute Gasteiger partial charge is 0.261 e. The van der Waals surface area contributed by atoms with Crippen LogP contribution in [0.5, 0.6) is 11.5 Å². The molecule has 0 radical (unpaired) electrons. The van der Waals surface area contributed by atoms with Crippen LogP contribution < -0.4 is 14.8 Å². The maximum absolute atomic E-state index is 12.5. The summed E-state index contributed by atoms with van der Waals surface area (Å²) in [5, 5.41) is 2.92. The lowest BCUT2D eigenvalue weighted by Crippen LogP contribution is -2.39. The van der Waals surface area contributed by atoms with Gasteiger partial charge >= 0.3 is 0 Å². The molecule has 2 aromatic rings. The van der Waals surface area contributed by atoms with E-state index in [1.54, 1.807) is 0 Å². The van der Waals surface area contributed by atoms with E-state index in [2.05, 4.69) is 36.5 Å². The van der Waals surface area contributed by atoms with Crippen LogP contribution in [0, 0.1) is 0 Å². The largest absolute Gasteiger partial charge is 0.492 e. The van der Waals surface area contributed by atoms with E-state index in [0.29, 0.717) is 19.6 Å². The Morgan fingerprint density at radius 2 is 1.71 bits per heavy atom. The first-order valence-corrected chi connectivity index (χ1v) is 10.5. The number of ether oxygens (including phenoxy) is 2. The number of carbonyl (C=O) groups is 1. The Morgan fingerprint density at radius 1 is 1.00 bits per heavy atom. The third kappa shape index (κ3) is 5.51. The fourth-order valence-electron chi connectivity index (χ4n) is 3.55. The average molecular weight is 382 g/mol.